The molecule has 10 heteroatoms. The van der Waals surface area contributed by atoms with Crippen molar-refractivity contribution in [1.82, 2.24) is 4.90 Å². The minimum absolute atomic E-state index is 0.126. The molecule has 0 aliphatic carbocycles. The highest BCUT2D eigenvalue weighted by molar-refractivity contribution is 8.18. The normalized spacial score (nSPS) is 15.4. The fourth-order valence-electron chi connectivity index (χ4n) is 3.18. The van der Waals surface area contributed by atoms with Gasteiger partial charge in [-0.05, 0) is 67.1 Å². The van der Waals surface area contributed by atoms with E-state index in [2.05, 4.69) is 0 Å². The lowest BCUT2D eigenvalue weighted by atomic mass is 10.1. The Balaban J connectivity index is 1.76. The second kappa shape index (κ2) is 10.9. The van der Waals surface area contributed by atoms with Crippen LogP contribution in [0.5, 0.6) is 11.5 Å². The van der Waals surface area contributed by atoms with Crippen LogP contribution in [0.25, 0.3) is 6.08 Å². The van der Waals surface area contributed by atoms with Crippen molar-refractivity contribution in [2.24, 2.45) is 0 Å². The Morgan fingerprint density at radius 1 is 1.15 bits per heavy atom. The van der Waals surface area contributed by atoms with Gasteiger partial charge >= 0.3 is 11.9 Å². The minimum Gasteiger partial charge on any atom is -0.493 e. The molecule has 1 aliphatic rings. The van der Waals surface area contributed by atoms with Gasteiger partial charge in [0.05, 0.1) is 24.2 Å². The molecule has 2 aromatic carbocycles. The van der Waals surface area contributed by atoms with Crippen LogP contribution >= 0.6 is 11.8 Å². The molecule has 2 aromatic rings. The maximum absolute atomic E-state index is 12.7. The van der Waals surface area contributed by atoms with E-state index in [-0.39, 0.29) is 23.7 Å². The average molecular weight is 486 g/mol. The molecular weight excluding hydrogens is 462 g/mol. The summed E-state index contributed by atoms with van der Waals surface area (Å²) in [6.07, 6.45) is 1.53. The maximum Gasteiger partial charge on any atom is 0.335 e. The number of ether oxygens (including phenoxy) is 3. The highest BCUT2D eigenvalue weighted by atomic mass is 32.2. The summed E-state index contributed by atoms with van der Waals surface area (Å²) in [6, 6.07) is 10.4. The summed E-state index contributed by atoms with van der Waals surface area (Å²) in [5, 5.41) is 8.57. The molecule has 3 rings (SSSR count). The van der Waals surface area contributed by atoms with Crippen molar-refractivity contribution in [3.05, 3.63) is 64.1 Å². The summed E-state index contributed by atoms with van der Waals surface area (Å²) >= 11 is 0.740. The molecule has 178 valence electrons. The van der Waals surface area contributed by atoms with E-state index in [1.165, 1.54) is 32.2 Å². The number of benzene rings is 2. The molecule has 1 saturated heterocycles. The van der Waals surface area contributed by atoms with Gasteiger partial charge in [0, 0.05) is 0 Å². The van der Waals surface area contributed by atoms with Gasteiger partial charge in [-0.25, -0.2) is 9.59 Å². The number of rotatable bonds is 9. The van der Waals surface area contributed by atoms with Crippen molar-refractivity contribution in [3.8, 4) is 11.5 Å². The van der Waals surface area contributed by atoms with Crippen LogP contribution in [-0.2, 0) is 20.9 Å². The molecule has 1 atom stereocenters. The number of carbonyl (C=O) groups excluding carboxylic acids is 3. The van der Waals surface area contributed by atoms with Crippen molar-refractivity contribution in [3.63, 3.8) is 0 Å². The molecule has 0 bridgehead atoms. The third kappa shape index (κ3) is 5.57. The van der Waals surface area contributed by atoms with Crippen LogP contribution in [0.15, 0.2) is 47.4 Å². The van der Waals surface area contributed by atoms with Gasteiger partial charge in [-0.1, -0.05) is 18.2 Å². The fourth-order valence-corrected chi connectivity index (χ4v) is 4.09. The Kier molecular flexibility index (Phi) is 7.95. The number of amides is 2. The van der Waals surface area contributed by atoms with E-state index in [9.17, 15) is 19.2 Å². The van der Waals surface area contributed by atoms with E-state index >= 15 is 0 Å². The minimum atomic E-state index is -1.02. The van der Waals surface area contributed by atoms with Crippen molar-refractivity contribution >= 4 is 40.9 Å². The molecule has 2 amide bonds. The monoisotopic (exact) mass is 485 g/mol. The summed E-state index contributed by atoms with van der Waals surface area (Å²) in [7, 11) is 1.46. The summed E-state index contributed by atoms with van der Waals surface area (Å²) in [6.45, 7) is 3.36. The molecule has 9 nitrogen and oxygen atoms in total. The van der Waals surface area contributed by atoms with Gasteiger partial charge in [-0.2, -0.15) is 0 Å². The first kappa shape index (κ1) is 24.8. The van der Waals surface area contributed by atoms with E-state index in [0.717, 1.165) is 16.7 Å². The highest BCUT2D eigenvalue weighted by Crippen LogP contribution is 2.36. The van der Waals surface area contributed by atoms with Gasteiger partial charge in [0.25, 0.3) is 11.1 Å². The Hall–Kier alpha value is -3.79. The molecule has 0 saturated carbocycles. The van der Waals surface area contributed by atoms with E-state index in [4.69, 9.17) is 19.3 Å². The number of hydrogen-bond acceptors (Lipinski definition) is 8. The standard InChI is InChI=1S/C24H23NO8S/c1-4-32-23(29)14(2)25-21(26)20(34-24(25)30)12-15-8-9-18(19(11-15)31-3)33-13-16-6-5-7-17(10-16)22(27)28/h5-12,14H,4,13H2,1-3H3,(H,27,28). The first-order chi connectivity index (χ1) is 16.2. The number of aromatic carboxylic acids is 1. The Morgan fingerprint density at radius 3 is 2.59 bits per heavy atom. The van der Waals surface area contributed by atoms with Gasteiger partial charge in [-0.3, -0.25) is 14.5 Å². The molecule has 1 aliphatic heterocycles. The van der Waals surface area contributed by atoms with Crippen molar-refractivity contribution < 1.29 is 38.5 Å². The molecule has 1 fully saturated rings. The molecule has 0 aromatic heterocycles. The van der Waals surface area contributed by atoms with Gasteiger partial charge in [0.1, 0.15) is 12.6 Å². The third-order valence-corrected chi connectivity index (χ3v) is 5.78. The first-order valence-electron chi connectivity index (χ1n) is 10.3. The Bertz CT molecular complexity index is 1160. The number of esters is 1. The quantitative estimate of drug-likeness (QED) is 0.416. The lowest BCUT2D eigenvalue weighted by Gasteiger charge is -2.19. The number of methoxy groups -OCH3 is 1. The van der Waals surface area contributed by atoms with E-state index in [1.807, 2.05) is 0 Å². The van der Waals surface area contributed by atoms with Crippen LogP contribution in [0.1, 0.15) is 35.3 Å². The summed E-state index contributed by atoms with van der Waals surface area (Å²) in [5.41, 5.74) is 1.43. The van der Waals surface area contributed by atoms with E-state index < -0.39 is 29.1 Å². The predicted molar refractivity (Wildman–Crippen MR) is 125 cm³/mol. The van der Waals surface area contributed by atoms with Crippen LogP contribution in [0.4, 0.5) is 4.79 Å². The fraction of sp³-hybridized carbons (Fsp3) is 0.250. The lowest BCUT2D eigenvalue weighted by Crippen LogP contribution is -2.42. The number of imide groups is 1. The largest absolute Gasteiger partial charge is 0.493 e. The highest BCUT2D eigenvalue weighted by Gasteiger charge is 2.41. The third-order valence-electron chi connectivity index (χ3n) is 4.89. The van der Waals surface area contributed by atoms with Crippen molar-refractivity contribution in [1.29, 1.82) is 0 Å². The van der Waals surface area contributed by atoms with Crippen molar-refractivity contribution in [2.45, 2.75) is 26.5 Å². The van der Waals surface area contributed by atoms with E-state index in [1.54, 1.807) is 37.3 Å². The van der Waals surface area contributed by atoms with Crippen LogP contribution in [0.3, 0.4) is 0 Å². The Labute approximate surface area is 200 Å². The number of nitrogens with zero attached hydrogens (tertiary/aromatic N) is 1. The van der Waals surface area contributed by atoms with Crippen LogP contribution in [-0.4, -0.2) is 52.8 Å². The van der Waals surface area contributed by atoms with Crippen molar-refractivity contribution in [2.75, 3.05) is 13.7 Å². The molecular formula is C24H23NO8S. The molecule has 1 unspecified atom stereocenters. The zero-order valence-corrected chi connectivity index (χ0v) is 19.6. The lowest BCUT2D eigenvalue weighted by molar-refractivity contribution is -0.150. The van der Waals surface area contributed by atoms with Crippen LogP contribution in [0.2, 0.25) is 0 Å². The molecule has 0 radical (unpaired) electrons. The Morgan fingerprint density at radius 2 is 1.91 bits per heavy atom. The zero-order chi connectivity index (χ0) is 24.8. The topological polar surface area (TPSA) is 119 Å². The number of carboxylic acids is 1. The van der Waals surface area contributed by atoms with Crippen LogP contribution < -0.4 is 9.47 Å². The van der Waals surface area contributed by atoms with Gasteiger partial charge in [0.2, 0.25) is 0 Å². The van der Waals surface area contributed by atoms with Gasteiger partial charge in [-0.15, -0.1) is 0 Å². The summed E-state index contributed by atoms with van der Waals surface area (Å²) < 4.78 is 16.1. The number of carboxylic acid groups (broad SMARTS) is 1. The maximum atomic E-state index is 12.7. The van der Waals surface area contributed by atoms with Crippen LogP contribution in [0, 0.1) is 0 Å². The average Bonchev–Trinajstić information content (AvgIpc) is 3.10. The molecule has 1 heterocycles. The van der Waals surface area contributed by atoms with E-state index in [0.29, 0.717) is 22.6 Å². The number of carbonyl (C=O) groups is 4. The summed E-state index contributed by atoms with van der Waals surface area (Å²) in [5.74, 6) is -1.44. The second-order valence-electron chi connectivity index (χ2n) is 7.18. The number of hydrogen-bond donors (Lipinski definition) is 1. The SMILES string of the molecule is CCOC(=O)C(C)N1C(=O)SC(=Cc2ccc(OCc3cccc(C(=O)O)c3)c(OC)c2)C1=O. The second-order valence-corrected chi connectivity index (χ2v) is 8.18. The smallest absolute Gasteiger partial charge is 0.335 e. The van der Waals surface area contributed by atoms with Gasteiger partial charge in [0.15, 0.2) is 11.5 Å². The molecule has 1 N–H and O–H groups in total. The zero-order valence-electron chi connectivity index (χ0n) is 18.8. The first-order valence-corrected chi connectivity index (χ1v) is 11.1. The summed E-state index contributed by atoms with van der Waals surface area (Å²) in [4.78, 5) is 49.2. The number of thioether (sulfide) groups is 1. The van der Waals surface area contributed by atoms with Gasteiger partial charge < -0.3 is 19.3 Å². The molecule has 34 heavy (non-hydrogen) atoms. The predicted octanol–water partition coefficient (Wildman–Crippen LogP) is 3.96. The molecule has 0 spiro atoms.